The summed E-state index contributed by atoms with van der Waals surface area (Å²) in [7, 11) is 0. The van der Waals surface area contributed by atoms with Crippen LogP contribution in [-0.4, -0.2) is 41.1 Å². The van der Waals surface area contributed by atoms with E-state index in [-0.39, 0.29) is 0 Å². The molecule has 1 unspecified atom stereocenters. The lowest BCUT2D eigenvalue weighted by molar-refractivity contribution is -0.143. The van der Waals surface area contributed by atoms with Crippen LogP contribution in [0, 0.1) is 5.92 Å². The normalized spacial score (nSPS) is 15.4. The van der Waals surface area contributed by atoms with E-state index in [1.165, 1.54) is 0 Å². The molecule has 0 bridgehead atoms. The minimum atomic E-state index is -1.15. The first-order valence-corrected chi connectivity index (χ1v) is 6.11. The molecule has 96 valence electrons. The van der Waals surface area contributed by atoms with Gasteiger partial charge in [-0.25, -0.2) is 0 Å². The van der Waals surface area contributed by atoms with Crippen LogP contribution in [-0.2, 0) is 4.79 Å². The van der Waals surface area contributed by atoms with Gasteiger partial charge >= 0.3 is 5.97 Å². The minimum absolute atomic E-state index is 0.412. The van der Waals surface area contributed by atoms with Crippen molar-refractivity contribution in [2.24, 2.45) is 11.7 Å². The van der Waals surface area contributed by atoms with Crippen molar-refractivity contribution in [3.05, 3.63) is 0 Å². The maximum Gasteiger partial charge on any atom is 0.324 e. The number of carbonyl (C=O) groups is 1. The van der Waals surface area contributed by atoms with Crippen molar-refractivity contribution in [1.29, 1.82) is 0 Å². The highest BCUT2D eigenvalue weighted by molar-refractivity contribution is 5.78. The lowest BCUT2D eigenvalue weighted by Crippen LogP contribution is -2.54. The topological polar surface area (TPSA) is 66.6 Å². The van der Waals surface area contributed by atoms with E-state index in [2.05, 4.69) is 18.7 Å². The molecule has 0 fully saturated rings. The molecule has 16 heavy (non-hydrogen) atoms. The predicted molar refractivity (Wildman–Crippen MR) is 66.4 cm³/mol. The molecule has 0 heterocycles. The molecule has 0 aromatic rings. The van der Waals surface area contributed by atoms with Crippen LogP contribution < -0.4 is 5.73 Å². The monoisotopic (exact) mass is 230 g/mol. The summed E-state index contributed by atoms with van der Waals surface area (Å²) in [4.78, 5) is 13.1. The summed E-state index contributed by atoms with van der Waals surface area (Å²) in [5.41, 5.74) is 4.60. The van der Waals surface area contributed by atoms with E-state index in [4.69, 9.17) is 10.8 Å². The smallest absolute Gasteiger partial charge is 0.324 e. The Morgan fingerprint density at radius 2 is 1.88 bits per heavy atom. The molecule has 1 atom stereocenters. The molecule has 4 nitrogen and oxygen atoms in total. The van der Waals surface area contributed by atoms with Crippen molar-refractivity contribution in [1.82, 2.24) is 4.90 Å². The number of hydrogen-bond acceptors (Lipinski definition) is 3. The predicted octanol–water partition coefficient (Wildman–Crippen LogP) is 1.55. The molecule has 0 aliphatic carbocycles. The molecule has 0 aliphatic rings. The number of likely N-dealkylation sites (N-methyl/N-ethyl adjacent to an activating group) is 1. The summed E-state index contributed by atoms with van der Waals surface area (Å²) >= 11 is 0. The fourth-order valence-corrected chi connectivity index (χ4v) is 1.75. The number of hydrogen-bond donors (Lipinski definition) is 2. The van der Waals surface area contributed by atoms with Gasteiger partial charge < -0.3 is 15.7 Å². The van der Waals surface area contributed by atoms with Crippen molar-refractivity contribution in [3.63, 3.8) is 0 Å². The lowest BCUT2D eigenvalue weighted by atomic mass is 10.00. The summed E-state index contributed by atoms with van der Waals surface area (Å²) in [5, 5.41) is 8.98. The van der Waals surface area contributed by atoms with Crippen LogP contribution in [0.5, 0.6) is 0 Å². The minimum Gasteiger partial charge on any atom is -0.480 e. The number of carboxylic acids is 1. The molecule has 0 amide bonds. The van der Waals surface area contributed by atoms with Crippen LogP contribution >= 0.6 is 0 Å². The maximum atomic E-state index is 10.9. The SMILES string of the molecule is CCC(CC)CN(CC)CC(C)(N)C(=O)O. The van der Waals surface area contributed by atoms with Gasteiger partial charge in [-0.2, -0.15) is 0 Å². The standard InChI is InChI=1S/C12H26N2O2/c1-5-10(6-2)8-14(7-3)9-12(4,13)11(15)16/h10H,5-9,13H2,1-4H3,(H,15,16). The van der Waals surface area contributed by atoms with Gasteiger partial charge in [0.1, 0.15) is 5.54 Å². The fraction of sp³-hybridized carbons (Fsp3) is 0.917. The van der Waals surface area contributed by atoms with E-state index in [0.717, 1.165) is 25.9 Å². The van der Waals surface area contributed by atoms with Gasteiger partial charge in [-0.15, -0.1) is 0 Å². The summed E-state index contributed by atoms with van der Waals surface area (Å²) in [6, 6.07) is 0. The number of nitrogens with two attached hydrogens (primary N) is 1. The molecule has 0 aliphatic heterocycles. The molecular formula is C12H26N2O2. The van der Waals surface area contributed by atoms with Gasteiger partial charge in [-0.3, -0.25) is 4.79 Å². The molecule has 3 N–H and O–H groups in total. The van der Waals surface area contributed by atoms with E-state index >= 15 is 0 Å². The zero-order chi connectivity index (χ0) is 12.8. The van der Waals surface area contributed by atoms with Crippen molar-refractivity contribution in [3.8, 4) is 0 Å². The zero-order valence-corrected chi connectivity index (χ0v) is 11.0. The van der Waals surface area contributed by atoms with Crippen LogP contribution in [0.3, 0.4) is 0 Å². The highest BCUT2D eigenvalue weighted by atomic mass is 16.4. The number of aliphatic carboxylic acids is 1. The highest BCUT2D eigenvalue weighted by Gasteiger charge is 2.30. The third-order valence-electron chi connectivity index (χ3n) is 3.16. The van der Waals surface area contributed by atoms with Gasteiger partial charge in [0.05, 0.1) is 0 Å². The third kappa shape index (κ3) is 4.94. The summed E-state index contributed by atoms with van der Waals surface area (Å²) < 4.78 is 0. The Bertz CT molecular complexity index is 213. The van der Waals surface area contributed by atoms with Gasteiger partial charge in [0.2, 0.25) is 0 Å². The number of rotatable bonds is 8. The first kappa shape index (κ1) is 15.4. The van der Waals surface area contributed by atoms with Gasteiger partial charge in [0.25, 0.3) is 0 Å². The fourth-order valence-electron chi connectivity index (χ4n) is 1.75. The average Bonchev–Trinajstić information content (AvgIpc) is 2.23. The Hall–Kier alpha value is -0.610. The van der Waals surface area contributed by atoms with Crippen LogP contribution in [0.4, 0.5) is 0 Å². The number of carboxylic acid groups (broad SMARTS) is 1. The Morgan fingerprint density at radius 3 is 2.19 bits per heavy atom. The van der Waals surface area contributed by atoms with Gasteiger partial charge in [-0.1, -0.05) is 33.6 Å². The largest absolute Gasteiger partial charge is 0.480 e. The van der Waals surface area contributed by atoms with Gasteiger partial charge in [0.15, 0.2) is 0 Å². The first-order chi connectivity index (χ1) is 7.37. The van der Waals surface area contributed by atoms with E-state index in [1.807, 2.05) is 6.92 Å². The molecule has 0 aromatic heterocycles. The lowest BCUT2D eigenvalue weighted by Gasteiger charge is -2.31. The maximum absolute atomic E-state index is 10.9. The quantitative estimate of drug-likeness (QED) is 0.664. The summed E-state index contributed by atoms with van der Waals surface area (Å²) in [6.45, 7) is 10.1. The molecule has 4 heteroatoms. The summed E-state index contributed by atoms with van der Waals surface area (Å²) in [5.74, 6) is -0.306. The molecule has 0 rings (SSSR count). The third-order valence-corrected chi connectivity index (χ3v) is 3.16. The second-order valence-corrected chi connectivity index (χ2v) is 4.73. The first-order valence-electron chi connectivity index (χ1n) is 6.11. The molecule has 0 radical (unpaired) electrons. The van der Waals surface area contributed by atoms with E-state index < -0.39 is 11.5 Å². The molecule has 0 aromatic carbocycles. The van der Waals surface area contributed by atoms with Crippen LogP contribution in [0.2, 0.25) is 0 Å². The zero-order valence-electron chi connectivity index (χ0n) is 11.0. The van der Waals surface area contributed by atoms with Crippen molar-refractivity contribution < 1.29 is 9.90 Å². The molecule has 0 saturated carbocycles. The average molecular weight is 230 g/mol. The van der Waals surface area contributed by atoms with Gasteiger partial charge in [0, 0.05) is 13.1 Å². The van der Waals surface area contributed by atoms with Crippen molar-refractivity contribution in [2.75, 3.05) is 19.6 Å². The van der Waals surface area contributed by atoms with E-state index in [1.54, 1.807) is 6.92 Å². The van der Waals surface area contributed by atoms with Crippen molar-refractivity contribution >= 4 is 5.97 Å². The van der Waals surface area contributed by atoms with Crippen LogP contribution in [0.15, 0.2) is 0 Å². The van der Waals surface area contributed by atoms with Crippen LogP contribution in [0.1, 0.15) is 40.5 Å². The second-order valence-electron chi connectivity index (χ2n) is 4.73. The Balaban J connectivity index is 4.35. The highest BCUT2D eigenvalue weighted by Crippen LogP contribution is 2.12. The second kappa shape index (κ2) is 6.86. The van der Waals surface area contributed by atoms with E-state index in [0.29, 0.717) is 12.5 Å². The number of nitrogens with zero attached hydrogens (tertiary/aromatic N) is 1. The molecule has 0 spiro atoms. The van der Waals surface area contributed by atoms with Gasteiger partial charge in [-0.05, 0) is 19.4 Å². The van der Waals surface area contributed by atoms with E-state index in [9.17, 15) is 4.79 Å². The molecular weight excluding hydrogens is 204 g/mol. The van der Waals surface area contributed by atoms with Crippen molar-refractivity contribution in [2.45, 2.75) is 46.1 Å². The summed E-state index contributed by atoms with van der Waals surface area (Å²) in [6.07, 6.45) is 2.25. The Kier molecular flexibility index (Phi) is 6.60. The Labute approximate surface area is 98.8 Å². The van der Waals surface area contributed by atoms with Crippen LogP contribution in [0.25, 0.3) is 0 Å². The molecule has 0 saturated heterocycles. The Morgan fingerprint density at radius 1 is 1.38 bits per heavy atom.